The Bertz CT molecular complexity index is 956. The summed E-state index contributed by atoms with van der Waals surface area (Å²) in [6, 6.07) is 11.6. The molecule has 2 aromatic carbocycles. The number of nitrogens with zero attached hydrogens (tertiary/aromatic N) is 4. The maximum atomic E-state index is 6.04. The lowest BCUT2D eigenvalue weighted by Crippen LogP contribution is -2.17. The number of tetrazole rings is 1. The number of nitrogens with one attached hydrogen (secondary N) is 1. The fourth-order valence-corrected chi connectivity index (χ4v) is 4.15. The Morgan fingerprint density at radius 2 is 2.10 bits per heavy atom. The quantitative estimate of drug-likeness (QED) is 0.333. The van der Waals surface area contributed by atoms with Crippen LogP contribution in [0.3, 0.4) is 0 Å². The van der Waals surface area contributed by atoms with Crippen molar-refractivity contribution < 1.29 is 9.47 Å². The smallest absolute Gasteiger partial charge is 0.209 e. The highest BCUT2D eigenvalue weighted by molar-refractivity contribution is 9.10. The molecule has 0 spiro atoms. The Labute approximate surface area is 187 Å². The van der Waals surface area contributed by atoms with E-state index in [2.05, 4.69) is 36.8 Å². The third-order valence-electron chi connectivity index (χ3n) is 3.98. The Balaban J connectivity index is 1.54. The molecule has 0 saturated heterocycles. The van der Waals surface area contributed by atoms with Crippen LogP contribution >= 0.6 is 39.3 Å². The minimum atomic E-state index is 0.404. The van der Waals surface area contributed by atoms with Crippen LogP contribution < -0.4 is 14.8 Å². The summed E-state index contributed by atoms with van der Waals surface area (Å²) in [5, 5.41) is 16.3. The average Bonchev–Trinajstić information content (AvgIpc) is 3.11. The van der Waals surface area contributed by atoms with Crippen molar-refractivity contribution in [1.82, 2.24) is 25.5 Å². The number of ether oxygens (including phenoxy) is 2. The van der Waals surface area contributed by atoms with Crippen LogP contribution in [0.5, 0.6) is 11.5 Å². The second-order valence-corrected chi connectivity index (χ2v) is 8.49. The van der Waals surface area contributed by atoms with E-state index in [1.807, 2.05) is 43.4 Å². The first kappa shape index (κ1) is 21.9. The predicted molar refractivity (Wildman–Crippen MR) is 118 cm³/mol. The van der Waals surface area contributed by atoms with Gasteiger partial charge in [-0.15, -0.1) is 5.10 Å². The topological polar surface area (TPSA) is 74.1 Å². The van der Waals surface area contributed by atoms with Crippen molar-refractivity contribution in [3.63, 3.8) is 0 Å². The van der Waals surface area contributed by atoms with Crippen LogP contribution in [-0.4, -0.2) is 39.6 Å². The molecule has 0 saturated carbocycles. The highest BCUT2D eigenvalue weighted by Gasteiger charge is 2.12. The molecule has 0 unspecified atom stereocenters. The summed E-state index contributed by atoms with van der Waals surface area (Å²) in [6.07, 6.45) is 0. The van der Waals surface area contributed by atoms with Gasteiger partial charge in [-0.05, 0) is 61.7 Å². The van der Waals surface area contributed by atoms with Gasteiger partial charge in [0.25, 0.3) is 0 Å². The maximum Gasteiger partial charge on any atom is 0.209 e. The molecule has 0 fully saturated rings. The lowest BCUT2D eigenvalue weighted by Gasteiger charge is -2.15. The Morgan fingerprint density at radius 1 is 1.24 bits per heavy atom. The molecule has 1 heterocycles. The molecule has 3 aromatic rings. The molecular weight excluding hydrogens is 478 g/mol. The number of aromatic nitrogens is 4. The summed E-state index contributed by atoms with van der Waals surface area (Å²) in [6.45, 7) is 1.94. The van der Waals surface area contributed by atoms with Crippen LogP contribution in [0.2, 0.25) is 5.02 Å². The number of halogens is 2. The summed E-state index contributed by atoms with van der Waals surface area (Å²) in [7, 11) is 3.46. The number of rotatable bonds is 10. The zero-order chi connectivity index (χ0) is 20.6. The zero-order valence-corrected chi connectivity index (χ0v) is 19.2. The van der Waals surface area contributed by atoms with Gasteiger partial charge in [-0.3, -0.25) is 0 Å². The molecule has 0 aliphatic carbocycles. The van der Waals surface area contributed by atoms with Crippen LogP contribution in [0, 0.1) is 0 Å². The van der Waals surface area contributed by atoms with Gasteiger partial charge >= 0.3 is 0 Å². The van der Waals surface area contributed by atoms with E-state index in [1.165, 1.54) is 0 Å². The molecule has 7 nitrogen and oxygen atoms in total. The molecule has 1 aromatic heterocycles. The van der Waals surface area contributed by atoms with Gasteiger partial charge in [-0.25, -0.2) is 4.68 Å². The van der Waals surface area contributed by atoms with E-state index in [1.54, 1.807) is 23.6 Å². The maximum absolute atomic E-state index is 6.04. The molecule has 1 N–H and O–H groups in total. The number of methoxy groups -OCH3 is 1. The van der Waals surface area contributed by atoms with Crippen molar-refractivity contribution in [3.05, 3.63) is 57.0 Å². The van der Waals surface area contributed by atoms with E-state index in [0.29, 0.717) is 29.7 Å². The largest absolute Gasteiger partial charge is 0.493 e. The fourth-order valence-electron chi connectivity index (χ4n) is 2.59. The molecular formula is C19H21BrClN5O2S. The number of aryl methyl sites for hydroxylation is 1. The van der Waals surface area contributed by atoms with E-state index in [0.717, 1.165) is 33.1 Å². The molecule has 0 amide bonds. The zero-order valence-electron chi connectivity index (χ0n) is 16.1. The van der Waals surface area contributed by atoms with Crippen LogP contribution in [0.25, 0.3) is 0 Å². The van der Waals surface area contributed by atoms with Gasteiger partial charge in [0, 0.05) is 30.9 Å². The van der Waals surface area contributed by atoms with Crippen LogP contribution in [0.4, 0.5) is 0 Å². The van der Waals surface area contributed by atoms with Crippen LogP contribution in [0.15, 0.2) is 46.0 Å². The van der Waals surface area contributed by atoms with Gasteiger partial charge in [-0.1, -0.05) is 35.5 Å². The van der Waals surface area contributed by atoms with E-state index >= 15 is 0 Å². The average molecular weight is 499 g/mol. The molecule has 0 atom stereocenters. The minimum absolute atomic E-state index is 0.404. The number of benzene rings is 2. The van der Waals surface area contributed by atoms with E-state index < -0.39 is 0 Å². The van der Waals surface area contributed by atoms with Crippen molar-refractivity contribution in [3.8, 4) is 11.5 Å². The lowest BCUT2D eigenvalue weighted by atomic mass is 10.2. The highest BCUT2D eigenvalue weighted by atomic mass is 79.9. The molecule has 0 bridgehead atoms. The van der Waals surface area contributed by atoms with Crippen molar-refractivity contribution in [1.29, 1.82) is 0 Å². The summed E-state index contributed by atoms with van der Waals surface area (Å²) in [4.78, 5) is 0. The first-order valence-electron chi connectivity index (χ1n) is 8.86. The Hall–Kier alpha value is -1.81. The highest BCUT2D eigenvalue weighted by Crippen LogP contribution is 2.37. The van der Waals surface area contributed by atoms with E-state index in [4.69, 9.17) is 21.1 Å². The summed E-state index contributed by atoms with van der Waals surface area (Å²) in [5.41, 5.74) is 2.09. The number of hydrogen-bond donors (Lipinski definition) is 1. The molecule has 3 rings (SSSR count). The molecule has 154 valence electrons. The van der Waals surface area contributed by atoms with Crippen molar-refractivity contribution >= 4 is 39.3 Å². The van der Waals surface area contributed by atoms with Crippen molar-refractivity contribution in [2.45, 2.75) is 18.3 Å². The normalized spacial score (nSPS) is 10.9. The number of hydrogen-bond acceptors (Lipinski definition) is 7. The van der Waals surface area contributed by atoms with Crippen molar-refractivity contribution in [2.24, 2.45) is 7.05 Å². The fraction of sp³-hybridized carbons (Fsp3) is 0.316. The van der Waals surface area contributed by atoms with Crippen LogP contribution in [0.1, 0.15) is 11.1 Å². The summed E-state index contributed by atoms with van der Waals surface area (Å²) < 4.78 is 14.0. The second-order valence-electron chi connectivity index (χ2n) is 6.14. The Kier molecular flexibility index (Phi) is 8.17. The molecule has 29 heavy (non-hydrogen) atoms. The summed E-state index contributed by atoms with van der Waals surface area (Å²) in [5.74, 6) is 2.21. The molecule has 10 heteroatoms. The third kappa shape index (κ3) is 6.33. The lowest BCUT2D eigenvalue weighted by molar-refractivity contribution is 0.282. The van der Waals surface area contributed by atoms with Gasteiger partial charge < -0.3 is 14.8 Å². The minimum Gasteiger partial charge on any atom is -0.493 e. The van der Waals surface area contributed by atoms with E-state index in [9.17, 15) is 0 Å². The SMILES string of the molecule is COc1cc(CNCCSc2nnnn2C)cc(Br)c1OCc1cccc(Cl)c1. The summed E-state index contributed by atoms with van der Waals surface area (Å²) >= 11 is 11.2. The monoisotopic (exact) mass is 497 g/mol. The first-order chi connectivity index (χ1) is 14.1. The number of thioether (sulfide) groups is 1. The van der Waals surface area contributed by atoms with Gasteiger partial charge in [-0.2, -0.15) is 0 Å². The first-order valence-corrected chi connectivity index (χ1v) is 11.0. The molecule has 0 aliphatic rings. The standard InChI is InChI=1S/C19H21BrClN5O2S/c1-26-19(23-24-25-26)29-7-6-22-11-14-9-16(20)18(17(10-14)27-2)28-12-13-4-3-5-15(21)8-13/h3-5,8-10,22H,6-7,11-12H2,1-2H3. The van der Waals surface area contributed by atoms with Gasteiger partial charge in [0.15, 0.2) is 11.5 Å². The molecule has 0 radical (unpaired) electrons. The third-order valence-corrected chi connectivity index (χ3v) is 5.82. The molecule has 0 aliphatic heterocycles. The van der Waals surface area contributed by atoms with Gasteiger partial charge in [0.05, 0.1) is 11.6 Å². The van der Waals surface area contributed by atoms with Gasteiger partial charge in [0.1, 0.15) is 6.61 Å². The van der Waals surface area contributed by atoms with Gasteiger partial charge in [0.2, 0.25) is 5.16 Å². The Morgan fingerprint density at radius 3 is 2.83 bits per heavy atom. The second kappa shape index (κ2) is 10.8. The van der Waals surface area contributed by atoms with E-state index in [-0.39, 0.29) is 0 Å². The van der Waals surface area contributed by atoms with Crippen molar-refractivity contribution in [2.75, 3.05) is 19.4 Å². The predicted octanol–water partition coefficient (Wildman–Crippen LogP) is 4.10. The van der Waals surface area contributed by atoms with Crippen LogP contribution in [-0.2, 0) is 20.2 Å².